The zero-order valence-electron chi connectivity index (χ0n) is 7.25. The first-order valence-electron chi connectivity index (χ1n) is 3.89. The minimum atomic E-state index is 0.603. The molecule has 12 heavy (non-hydrogen) atoms. The van der Waals surface area contributed by atoms with Gasteiger partial charge in [0, 0.05) is 16.4 Å². The van der Waals surface area contributed by atoms with Crippen molar-refractivity contribution in [2.24, 2.45) is 5.92 Å². The summed E-state index contributed by atoms with van der Waals surface area (Å²) in [4.78, 5) is 5.26. The molecular formula is C9H12BrNS. The van der Waals surface area contributed by atoms with Crippen LogP contribution in [0.1, 0.15) is 18.7 Å². The molecule has 1 heterocycles. The summed E-state index contributed by atoms with van der Waals surface area (Å²) in [6, 6.07) is 0. The van der Waals surface area contributed by atoms with Crippen molar-refractivity contribution in [1.29, 1.82) is 0 Å². The second-order valence-electron chi connectivity index (χ2n) is 2.91. The van der Waals surface area contributed by atoms with Crippen LogP contribution in [0.2, 0.25) is 0 Å². The van der Waals surface area contributed by atoms with E-state index in [0.717, 1.165) is 5.33 Å². The Hall–Kier alpha value is -0.150. The molecule has 0 saturated carbocycles. The molecule has 0 fully saturated rings. The Morgan fingerprint density at radius 3 is 2.92 bits per heavy atom. The summed E-state index contributed by atoms with van der Waals surface area (Å²) in [5.41, 5.74) is 3.28. The maximum Gasteiger partial charge on any atom is 0.0797 e. The molecule has 0 radical (unpaired) electrons. The molecule has 0 amide bonds. The molecule has 3 heteroatoms. The number of halogens is 1. The fourth-order valence-corrected chi connectivity index (χ4v) is 2.23. The summed E-state index contributed by atoms with van der Waals surface area (Å²) in [5.74, 6) is 0.603. The van der Waals surface area contributed by atoms with Gasteiger partial charge in [0.25, 0.3) is 0 Å². The Bertz CT molecular complexity index is 252. The van der Waals surface area contributed by atoms with Crippen LogP contribution in [0.5, 0.6) is 0 Å². The van der Waals surface area contributed by atoms with Crippen LogP contribution in [0, 0.1) is 5.92 Å². The molecule has 0 unspecified atom stereocenters. The SMILES string of the molecule is CC(C)/C(=C\c1cncs1)CBr. The second kappa shape index (κ2) is 4.77. The first-order valence-corrected chi connectivity index (χ1v) is 5.89. The molecule has 0 saturated heterocycles. The summed E-state index contributed by atoms with van der Waals surface area (Å²) in [5, 5.41) is 0.947. The van der Waals surface area contributed by atoms with Crippen LogP contribution in [0.25, 0.3) is 6.08 Å². The highest BCUT2D eigenvalue weighted by Gasteiger charge is 2.01. The molecule has 1 rings (SSSR count). The highest BCUT2D eigenvalue weighted by molar-refractivity contribution is 9.09. The molecule has 0 aliphatic rings. The van der Waals surface area contributed by atoms with Gasteiger partial charge in [-0.3, -0.25) is 4.98 Å². The predicted octanol–water partition coefficient (Wildman–Crippen LogP) is 3.58. The smallest absolute Gasteiger partial charge is 0.0797 e. The van der Waals surface area contributed by atoms with Crippen molar-refractivity contribution in [2.75, 3.05) is 5.33 Å². The molecule has 66 valence electrons. The minimum absolute atomic E-state index is 0.603. The van der Waals surface area contributed by atoms with Crippen molar-refractivity contribution in [3.8, 4) is 0 Å². The lowest BCUT2D eigenvalue weighted by molar-refractivity contribution is 0.781. The number of rotatable bonds is 3. The maximum absolute atomic E-state index is 4.03. The summed E-state index contributed by atoms with van der Waals surface area (Å²) in [6.45, 7) is 4.41. The summed E-state index contributed by atoms with van der Waals surface area (Å²) >= 11 is 5.15. The van der Waals surface area contributed by atoms with Crippen molar-refractivity contribution in [2.45, 2.75) is 13.8 Å². The van der Waals surface area contributed by atoms with E-state index in [1.807, 2.05) is 11.7 Å². The quantitative estimate of drug-likeness (QED) is 0.743. The number of allylic oxidation sites excluding steroid dienone is 1. The normalized spacial score (nSPS) is 12.5. The Labute approximate surface area is 85.7 Å². The lowest BCUT2D eigenvalue weighted by Gasteiger charge is -2.05. The van der Waals surface area contributed by atoms with Gasteiger partial charge in [0.2, 0.25) is 0 Å². The fourth-order valence-electron chi connectivity index (χ4n) is 0.839. The number of aromatic nitrogens is 1. The van der Waals surface area contributed by atoms with Gasteiger partial charge in [-0.15, -0.1) is 11.3 Å². The van der Waals surface area contributed by atoms with Crippen molar-refractivity contribution < 1.29 is 0 Å². The van der Waals surface area contributed by atoms with Crippen LogP contribution in [0.4, 0.5) is 0 Å². The van der Waals surface area contributed by atoms with Gasteiger partial charge in [0.05, 0.1) is 5.51 Å². The van der Waals surface area contributed by atoms with E-state index in [0.29, 0.717) is 5.92 Å². The molecule has 0 N–H and O–H groups in total. The standard InChI is InChI=1S/C9H12BrNS/c1-7(2)8(4-10)3-9-5-11-6-12-9/h3,5-7H,4H2,1-2H3/b8-3-. The first-order chi connectivity index (χ1) is 5.74. The average Bonchev–Trinajstić information content (AvgIpc) is 2.51. The van der Waals surface area contributed by atoms with E-state index in [9.17, 15) is 0 Å². The second-order valence-corrected chi connectivity index (χ2v) is 4.39. The van der Waals surface area contributed by atoms with Gasteiger partial charge >= 0.3 is 0 Å². The third kappa shape index (κ3) is 2.72. The Kier molecular flexibility index (Phi) is 3.95. The zero-order valence-corrected chi connectivity index (χ0v) is 9.65. The third-order valence-corrected chi connectivity index (χ3v) is 3.04. The van der Waals surface area contributed by atoms with E-state index in [-0.39, 0.29) is 0 Å². The molecule has 0 spiro atoms. The van der Waals surface area contributed by atoms with Crippen LogP contribution in [-0.4, -0.2) is 10.3 Å². The number of hydrogen-bond donors (Lipinski definition) is 0. The van der Waals surface area contributed by atoms with E-state index in [2.05, 4.69) is 40.8 Å². The fraction of sp³-hybridized carbons (Fsp3) is 0.444. The van der Waals surface area contributed by atoms with Crippen LogP contribution in [0.3, 0.4) is 0 Å². The summed E-state index contributed by atoms with van der Waals surface area (Å²) in [7, 11) is 0. The molecule has 0 bridgehead atoms. The van der Waals surface area contributed by atoms with Gasteiger partial charge in [-0.2, -0.15) is 0 Å². The Morgan fingerprint density at radius 1 is 1.75 bits per heavy atom. The van der Waals surface area contributed by atoms with Gasteiger partial charge in [-0.05, 0) is 12.0 Å². The van der Waals surface area contributed by atoms with Crippen LogP contribution in [-0.2, 0) is 0 Å². The topological polar surface area (TPSA) is 12.9 Å². The van der Waals surface area contributed by atoms with E-state index in [1.54, 1.807) is 11.3 Å². The number of alkyl halides is 1. The maximum atomic E-state index is 4.03. The van der Waals surface area contributed by atoms with E-state index < -0.39 is 0 Å². The molecular weight excluding hydrogens is 234 g/mol. The van der Waals surface area contributed by atoms with Crippen molar-refractivity contribution >= 4 is 33.3 Å². The molecule has 1 aromatic rings. The zero-order chi connectivity index (χ0) is 8.97. The van der Waals surface area contributed by atoms with Crippen molar-refractivity contribution in [1.82, 2.24) is 4.98 Å². The number of hydrogen-bond acceptors (Lipinski definition) is 2. The molecule has 0 aliphatic carbocycles. The van der Waals surface area contributed by atoms with E-state index >= 15 is 0 Å². The van der Waals surface area contributed by atoms with Gasteiger partial charge < -0.3 is 0 Å². The average molecular weight is 246 g/mol. The lowest BCUT2D eigenvalue weighted by atomic mass is 10.1. The minimum Gasteiger partial charge on any atom is -0.253 e. The molecule has 0 aromatic carbocycles. The van der Waals surface area contributed by atoms with Gasteiger partial charge in [0.15, 0.2) is 0 Å². The highest BCUT2D eigenvalue weighted by Crippen LogP contribution is 2.18. The van der Waals surface area contributed by atoms with Crippen LogP contribution in [0.15, 0.2) is 17.3 Å². The van der Waals surface area contributed by atoms with E-state index in [1.165, 1.54) is 10.5 Å². The summed E-state index contributed by atoms with van der Waals surface area (Å²) < 4.78 is 0. The van der Waals surface area contributed by atoms with Gasteiger partial charge in [0.1, 0.15) is 0 Å². The lowest BCUT2D eigenvalue weighted by Crippen LogP contribution is -1.93. The molecule has 1 aromatic heterocycles. The number of nitrogens with zero attached hydrogens (tertiary/aromatic N) is 1. The largest absolute Gasteiger partial charge is 0.253 e. The molecule has 1 nitrogen and oxygen atoms in total. The molecule has 0 aliphatic heterocycles. The van der Waals surface area contributed by atoms with E-state index in [4.69, 9.17) is 0 Å². The van der Waals surface area contributed by atoms with Gasteiger partial charge in [-0.25, -0.2) is 0 Å². The summed E-state index contributed by atoms with van der Waals surface area (Å²) in [6.07, 6.45) is 4.10. The third-order valence-electron chi connectivity index (χ3n) is 1.67. The monoisotopic (exact) mass is 245 g/mol. The molecule has 0 atom stereocenters. The highest BCUT2D eigenvalue weighted by atomic mass is 79.9. The van der Waals surface area contributed by atoms with Gasteiger partial charge in [-0.1, -0.05) is 35.4 Å². The number of thiazole rings is 1. The predicted molar refractivity (Wildman–Crippen MR) is 58.7 cm³/mol. The Morgan fingerprint density at radius 2 is 2.50 bits per heavy atom. The van der Waals surface area contributed by atoms with Crippen LogP contribution >= 0.6 is 27.3 Å². The van der Waals surface area contributed by atoms with Crippen molar-refractivity contribution in [3.63, 3.8) is 0 Å². The first kappa shape index (κ1) is 9.93. The van der Waals surface area contributed by atoms with Crippen molar-refractivity contribution in [3.05, 3.63) is 22.2 Å². The Balaban J connectivity index is 2.78. The van der Waals surface area contributed by atoms with Crippen LogP contribution < -0.4 is 0 Å².